The monoisotopic (exact) mass is 431 g/mol. The number of benzene rings is 1. The van der Waals surface area contributed by atoms with E-state index in [0.29, 0.717) is 22.3 Å². The van der Waals surface area contributed by atoms with Crippen molar-refractivity contribution in [3.8, 4) is 11.8 Å². The molecule has 8 nitrogen and oxygen atoms in total. The van der Waals surface area contributed by atoms with E-state index >= 15 is 0 Å². The number of carbonyl (C=O) groups excluding carboxylic acids is 1. The third kappa shape index (κ3) is 3.90. The van der Waals surface area contributed by atoms with Gasteiger partial charge in [-0.1, -0.05) is 30.0 Å². The van der Waals surface area contributed by atoms with Crippen LogP contribution in [0.2, 0.25) is 0 Å². The number of amides is 1. The van der Waals surface area contributed by atoms with Crippen molar-refractivity contribution in [3.63, 3.8) is 0 Å². The molecule has 0 saturated carbocycles. The maximum absolute atomic E-state index is 12.8. The number of nitrogens with one attached hydrogen (secondary N) is 1. The van der Waals surface area contributed by atoms with Crippen LogP contribution in [0, 0.1) is 39.0 Å². The number of aromatic nitrogens is 5. The zero-order valence-corrected chi connectivity index (χ0v) is 18.5. The molecule has 3 heterocycles. The van der Waals surface area contributed by atoms with Crippen LogP contribution in [0.25, 0.3) is 11.5 Å². The molecule has 0 spiro atoms. The predicted octanol–water partition coefficient (Wildman–Crippen LogP) is 3.75. The SMILES string of the molecule is Cc1cc(C)n2nc(SCC(=O)Nc3c(C#N)c(C)c(C)n3-c3ccccc3)nc2n1. The summed E-state index contributed by atoms with van der Waals surface area (Å²) >= 11 is 1.23. The van der Waals surface area contributed by atoms with Gasteiger partial charge < -0.3 is 5.32 Å². The number of anilines is 1. The van der Waals surface area contributed by atoms with Crippen LogP contribution >= 0.6 is 11.8 Å². The lowest BCUT2D eigenvalue weighted by Crippen LogP contribution is -2.17. The largest absolute Gasteiger partial charge is 0.310 e. The van der Waals surface area contributed by atoms with Crippen LogP contribution in [-0.4, -0.2) is 35.8 Å². The number of carbonyl (C=O) groups is 1. The lowest BCUT2D eigenvalue weighted by atomic mass is 10.2. The Labute approximate surface area is 183 Å². The third-order valence-corrected chi connectivity index (χ3v) is 5.87. The standard InChI is InChI=1S/C22H21N7OS/c1-13-10-14(2)29-21(24-13)26-22(27-29)31-12-19(30)25-20-18(11-23)15(3)16(4)28(20)17-8-6-5-7-9-17/h5-10H,12H2,1-4H3,(H,25,30). The molecule has 0 fully saturated rings. The second-order valence-corrected chi connectivity index (χ2v) is 8.14. The first kappa shape index (κ1) is 20.6. The van der Waals surface area contributed by atoms with E-state index in [-0.39, 0.29) is 11.7 Å². The second kappa shape index (κ2) is 8.24. The van der Waals surface area contributed by atoms with E-state index in [1.807, 2.05) is 68.7 Å². The van der Waals surface area contributed by atoms with Gasteiger partial charge in [0, 0.05) is 22.8 Å². The van der Waals surface area contributed by atoms with Crippen molar-refractivity contribution in [2.75, 3.05) is 11.1 Å². The highest BCUT2D eigenvalue weighted by molar-refractivity contribution is 7.99. The number of nitriles is 1. The fraction of sp³-hybridized carbons (Fsp3) is 0.227. The number of hydrogen-bond donors (Lipinski definition) is 1. The number of hydrogen-bond acceptors (Lipinski definition) is 6. The van der Waals surface area contributed by atoms with Gasteiger partial charge in [0.1, 0.15) is 11.9 Å². The van der Waals surface area contributed by atoms with E-state index in [2.05, 4.69) is 26.5 Å². The van der Waals surface area contributed by atoms with Crippen molar-refractivity contribution in [1.29, 1.82) is 5.26 Å². The molecule has 156 valence electrons. The molecule has 0 atom stereocenters. The summed E-state index contributed by atoms with van der Waals surface area (Å²) in [5, 5.41) is 17.5. The molecule has 0 aliphatic carbocycles. The quantitative estimate of drug-likeness (QED) is 0.483. The van der Waals surface area contributed by atoms with Gasteiger partial charge in [-0.05, 0) is 51.5 Å². The molecule has 4 rings (SSSR count). The minimum absolute atomic E-state index is 0.109. The Kier molecular flexibility index (Phi) is 5.48. The lowest BCUT2D eigenvalue weighted by molar-refractivity contribution is -0.113. The molecule has 0 bridgehead atoms. The highest BCUT2D eigenvalue weighted by Crippen LogP contribution is 2.30. The summed E-state index contributed by atoms with van der Waals surface area (Å²) in [7, 11) is 0. The molecule has 0 unspecified atom stereocenters. The first-order valence-corrected chi connectivity index (χ1v) is 10.7. The Balaban J connectivity index is 1.57. The molecule has 0 radical (unpaired) electrons. The van der Waals surface area contributed by atoms with E-state index in [4.69, 9.17) is 0 Å². The Bertz CT molecular complexity index is 1330. The van der Waals surface area contributed by atoms with E-state index in [1.165, 1.54) is 11.8 Å². The number of aryl methyl sites for hydroxylation is 2. The van der Waals surface area contributed by atoms with E-state index < -0.39 is 0 Å². The van der Waals surface area contributed by atoms with Gasteiger partial charge in [0.05, 0.1) is 11.3 Å². The van der Waals surface area contributed by atoms with Gasteiger partial charge >= 0.3 is 0 Å². The lowest BCUT2D eigenvalue weighted by Gasteiger charge is -2.12. The summed E-state index contributed by atoms with van der Waals surface area (Å²) < 4.78 is 3.56. The molecule has 1 N–H and O–H groups in total. The summed E-state index contributed by atoms with van der Waals surface area (Å²) in [5.74, 6) is 0.857. The molecule has 3 aromatic heterocycles. The van der Waals surface area contributed by atoms with Gasteiger partial charge in [-0.3, -0.25) is 9.36 Å². The topological polar surface area (TPSA) is 101 Å². The molecule has 1 amide bonds. The van der Waals surface area contributed by atoms with Crippen LogP contribution in [0.5, 0.6) is 0 Å². The van der Waals surface area contributed by atoms with Crippen LogP contribution in [0.1, 0.15) is 28.2 Å². The molecule has 0 aliphatic rings. The molecule has 1 aromatic carbocycles. The first-order chi connectivity index (χ1) is 14.9. The van der Waals surface area contributed by atoms with Crippen LogP contribution in [0.3, 0.4) is 0 Å². The Hall–Kier alpha value is -3.64. The smallest absolute Gasteiger partial charge is 0.253 e. The van der Waals surface area contributed by atoms with Crippen molar-refractivity contribution in [2.45, 2.75) is 32.9 Å². The van der Waals surface area contributed by atoms with Gasteiger partial charge in [0.15, 0.2) is 0 Å². The summed E-state index contributed by atoms with van der Waals surface area (Å²) in [5.41, 5.74) is 4.88. The van der Waals surface area contributed by atoms with E-state index in [9.17, 15) is 10.1 Å². The zero-order valence-electron chi connectivity index (χ0n) is 17.7. The number of fused-ring (bicyclic) bond motifs is 1. The molecule has 0 aliphatic heterocycles. The zero-order chi connectivity index (χ0) is 22.1. The van der Waals surface area contributed by atoms with Gasteiger partial charge in [-0.15, -0.1) is 5.10 Å². The predicted molar refractivity (Wildman–Crippen MR) is 120 cm³/mol. The van der Waals surface area contributed by atoms with Crippen LogP contribution in [0.4, 0.5) is 5.82 Å². The summed E-state index contributed by atoms with van der Waals surface area (Å²) in [6.07, 6.45) is 0. The third-order valence-electron chi connectivity index (χ3n) is 5.03. The number of rotatable bonds is 5. The van der Waals surface area contributed by atoms with Crippen LogP contribution in [0.15, 0.2) is 41.6 Å². The summed E-state index contributed by atoms with van der Waals surface area (Å²) in [6, 6.07) is 13.8. The van der Waals surface area contributed by atoms with Crippen molar-refractivity contribution in [3.05, 3.63) is 64.6 Å². The fourth-order valence-corrected chi connectivity index (χ4v) is 4.09. The van der Waals surface area contributed by atoms with Gasteiger partial charge in [-0.25, -0.2) is 9.50 Å². The first-order valence-electron chi connectivity index (χ1n) is 9.70. The van der Waals surface area contributed by atoms with Gasteiger partial charge in [0.2, 0.25) is 11.1 Å². The molecular formula is C22H21N7OS. The second-order valence-electron chi connectivity index (χ2n) is 7.20. The Morgan fingerprint density at radius 3 is 2.61 bits per heavy atom. The van der Waals surface area contributed by atoms with Crippen LogP contribution < -0.4 is 5.32 Å². The normalized spacial score (nSPS) is 10.9. The molecule has 4 aromatic rings. The molecule has 9 heteroatoms. The average Bonchev–Trinajstić information content (AvgIpc) is 3.26. The fourth-order valence-electron chi connectivity index (χ4n) is 3.47. The number of nitrogens with zero attached hydrogens (tertiary/aromatic N) is 6. The van der Waals surface area contributed by atoms with Gasteiger partial charge in [0.25, 0.3) is 5.78 Å². The van der Waals surface area contributed by atoms with E-state index in [1.54, 1.807) is 4.52 Å². The Morgan fingerprint density at radius 1 is 1.16 bits per heavy atom. The van der Waals surface area contributed by atoms with Crippen molar-refractivity contribution < 1.29 is 4.79 Å². The van der Waals surface area contributed by atoms with Gasteiger partial charge in [-0.2, -0.15) is 10.2 Å². The molecular weight excluding hydrogens is 410 g/mol. The maximum Gasteiger partial charge on any atom is 0.253 e. The number of para-hydroxylation sites is 1. The number of thioether (sulfide) groups is 1. The van der Waals surface area contributed by atoms with Crippen molar-refractivity contribution in [1.82, 2.24) is 24.1 Å². The maximum atomic E-state index is 12.8. The minimum atomic E-state index is -0.240. The summed E-state index contributed by atoms with van der Waals surface area (Å²) in [4.78, 5) is 21.5. The highest BCUT2D eigenvalue weighted by atomic mass is 32.2. The molecule has 31 heavy (non-hydrogen) atoms. The minimum Gasteiger partial charge on any atom is -0.310 e. The van der Waals surface area contributed by atoms with Crippen molar-refractivity contribution in [2.24, 2.45) is 0 Å². The summed E-state index contributed by atoms with van der Waals surface area (Å²) in [6.45, 7) is 7.66. The van der Waals surface area contributed by atoms with E-state index in [0.717, 1.165) is 28.3 Å². The highest BCUT2D eigenvalue weighted by Gasteiger charge is 2.21. The van der Waals surface area contributed by atoms with Crippen molar-refractivity contribution >= 4 is 29.3 Å². The van der Waals surface area contributed by atoms with Crippen LogP contribution in [-0.2, 0) is 4.79 Å². The molecule has 0 saturated heterocycles. The Morgan fingerprint density at radius 2 is 1.90 bits per heavy atom. The average molecular weight is 432 g/mol.